The first-order valence-electron chi connectivity index (χ1n) is 5.58. The zero-order valence-corrected chi connectivity index (χ0v) is 10.4. The first-order chi connectivity index (χ1) is 7.52. The van der Waals surface area contributed by atoms with Crippen LogP contribution in [-0.2, 0) is 19.1 Å². The summed E-state index contributed by atoms with van der Waals surface area (Å²) < 4.78 is 9.95. The molecule has 0 atom stereocenters. The van der Waals surface area contributed by atoms with Crippen molar-refractivity contribution in [3.05, 3.63) is 11.8 Å². The van der Waals surface area contributed by atoms with E-state index >= 15 is 0 Å². The van der Waals surface area contributed by atoms with E-state index in [2.05, 4.69) is 0 Å². The molecule has 0 saturated heterocycles. The van der Waals surface area contributed by atoms with Gasteiger partial charge in [-0.3, -0.25) is 4.79 Å². The predicted molar refractivity (Wildman–Crippen MR) is 60.9 cm³/mol. The molecule has 0 aromatic carbocycles. The Morgan fingerprint density at radius 3 is 2.31 bits per heavy atom. The summed E-state index contributed by atoms with van der Waals surface area (Å²) in [6.45, 7) is 7.55. The van der Waals surface area contributed by atoms with Crippen LogP contribution in [-0.4, -0.2) is 24.5 Å². The maximum absolute atomic E-state index is 11.6. The minimum absolute atomic E-state index is 0.00241. The molecule has 0 aromatic heterocycles. The number of Topliss-reactive ketones (excluding diaryl/α,β-unsaturated/α-hetero) is 1. The molecule has 0 rings (SSSR count). The molecule has 0 aliphatic heterocycles. The van der Waals surface area contributed by atoms with Gasteiger partial charge in [-0.15, -0.1) is 0 Å². The minimum atomic E-state index is -0.609. The topological polar surface area (TPSA) is 52.6 Å². The number of rotatable bonds is 7. The van der Waals surface area contributed by atoms with E-state index in [-0.39, 0.29) is 17.5 Å². The molecule has 0 aliphatic carbocycles. The normalized spacial score (nSPS) is 11.4. The van der Waals surface area contributed by atoms with Gasteiger partial charge in [0.25, 0.3) is 0 Å². The fourth-order valence-electron chi connectivity index (χ4n) is 1.03. The fourth-order valence-corrected chi connectivity index (χ4v) is 1.03. The molecule has 4 heteroatoms. The summed E-state index contributed by atoms with van der Waals surface area (Å²) >= 11 is 0. The minimum Gasteiger partial charge on any atom is -0.500 e. The second kappa shape index (κ2) is 7.91. The Bertz CT molecular complexity index is 266. The molecule has 0 unspecified atom stereocenters. The lowest BCUT2D eigenvalue weighted by Gasteiger charge is -2.09. The molecule has 0 saturated carbocycles. The van der Waals surface area contributed by atoms with Gasteiger partial charge >= 0.3 is 5.97 Å². The second-order valence-corrected chi connectivity index (χ2v) is 3.61. The van der Waals surface area contributed by atoms with Crippen LogP contribution in [0.1, 0.15) is 40.5 Å². The van der Waals surface area contributed by atoms with Gasteiger partial charge in [-0.25, -0.2) is 4.79 Å². The summed E-state index contributed by atoms with van der Waals surface area (Å²) in [5, 5.41) is 0. The average Bonchev–Trinajstić information content (AvgIpc) is 2.17. The van der Waals surface area contributed by atoms with Gasteiger partial charge in [-0.2, -0.15) is 0 Å². The molecular formula is C12H20O4. The number of carbonyl (C=O) groups is 2. The standard InChI is InChI=1S/C12H20O4/c1-5-7-11(13)10(8-15-6-2)12(14)16-9(3)4/h8-9H,5-7H2,1-4H3. The highest BCUT2D eigenvalue weighted by Gasteiger charge is 2.20. The summed E-state index contributed by atoms with van der Waals surface area (Å²) in [4.78, 5) is 23.2. The summed E-state index contributed by atoms with van der Waals surface area (Å²) in [6, 6.07) is 0. The van der Waals surface area contributed by atoms with E-state index in [1.54, 1.807) is 20.8 Å². The third-order valence-corrected chi connectivity index (χ3v) is 1.71. The number of ether oxygens (including phenoxy) is 2. The highest BCUT2D eigenvalue weighted by molar-refractivity contribution is 6.17. The van der Waals surface area contributed by atoms with Crippen molar-refractivity contribution < 1.29 is 19.1 Å². The van der Waals surface area contributed by atoms with E-state index in [1.165, 1.54) is 6.26 Å². The van der Waals surface area contributed by atoms with Crippen LogP contribution >= 0.6 is 0 Å². The van der Waals surface area contributed by atoms with Crippen LogP contribution in [0.25, 0.3) is 0 Å². The number of hydrogen-bond acceptors (Lipinski definition) is 4. The van der Waals surface area contributed by atoms with Gasteiger partial charge in [0.05, 0.1) is 12.7 Å². The number of esters is 1. The predicted octanol–water partition coefficient (Wildman–Crippen LogP) is 2.23. The van der Waals surface area contributed by atoms with Crippen molar-refractivity contribution >= 4 is 11.8 Å². The van der Waals surface area contributed by atoms with Crippen molar-refractivity contribution in [2.75, 3.05) is 6.61 Å². The van der Waals surface area contributed by atoms with Crippen molar-refractivity contribution in [1.82, 2.24) is 0 Å². The number of ketones is 1. The van der Waals surface area contributed by atoms with Gasteiger partial charge < -0.3 is 9.47 Å². The maximum Gasteiger partial charge on any atom is 0.345 e. The van der Waals surface area contributed by atoms with E-state index in [9.17, 15) is 9.59 Å². The third kappa shape index (κ3) is 5.53. The molecule has 0 amide bonds. The Balaban J connectivity index is 4.66. The van der Waals surface area contributed by atoms with E-state index in [0.717, 1.165) is 0 Å². The van der Waals surface area contributed by atoms with Gasteiger partial charge in [0, 0.05) is 6.42 Å². The molecule has 0 spiro atoms. The lowest BCUT2D eigenvalue weighted by molar-refractivity contribution is -0.144. The maximum atomic E-state index is 11.6. The van der Waals surface area contributed by atoms with E-state index in [0.29, 0.717) is 19.4 Å². The van der Waals surface area contributed by atoms with Gasteiger partial charge in [0.15, 0.2) is 5.78 Å². The Morgan fingerprint density at radius 1 is 1.25 bits per heavy atom. The van der Waals surface area contributed by atoms with Gasteiger partial charge in [0.2, 0.25) is 0 Å². The van der Waals surface area contributed by atoms with Crippen LogP contribution in [0.15, 0.2) is 11.8 Å². The smallest absolute Gasteiger partial charge is 0.345 e. The Morgan fingerprint density at radius 2 is 1.88 bits per heavy atom. The van der Waals surface area contributed by atoms with Crippen LogP contribution in [0.5, 0.6) is 0 Å². The lowest BCUT2D eigenvalue weighted by Crippen LogP contribution is -2.19. The highest BCUT2D eigenvalue weighted by Crippen LogP contribution is 2.07. The van der Waals surface area contributed by atoms with Crippen LogP contribution in [0.4, 0.5) is 0 Å². The average molecular weight is 228 g/mol. The molecule has 0 radical (unpaired) electrons. The zero-order chi connectivity index (χ0) is 12.6. The molecule has 0 aliphatic rings. The molecule has 0 fully saturated rings. The first-order valence-corrected chi connectivity index (χ1v) is 5.58. The first kappa shape index (κ1) is 14.7. The Kier molecular flexibility index (Phi) is 7.25. The van der Waals surface area contributed by atoms with Crippen molar-refractivity contribution in [3.8, 4) is 0 Å². The van der Waals surface area contributed by atoms with Gasteiger partial charge in [0.1, 0.15) is 11.8 Å². The van der Waals surface area contributed by atoms with Crippen molar-refractivity contribution in [1.29, 1.82) is 0 Å². The van der Waals surface area contributed by atoms with Gasteiger partial charge in [-0.05, 0) is 27.2 Å². The van der Waals surface area contributed by atoms with E-state index in [4.69, 9.17) is 9.47 Å². The van der Waals surface area contributed by atoms with Gasteiger partial charge in [-0.1, -0.05) is 6.92 Å². The number of carbonyl (C=O) groups excluding carboxylic acids is 2. The quantitative estimate of drug-likeness (QED) is 0.220. The summed E-state index contributed by atoms with van der Waals surface area (Å²) in [5.41, 5.74) is -0.00241. The monoisotopic (exact) mass is 228 g/mol. The van der Waals surface area contributed by atoms with Crippen molar-refractivity contribution in [2.24, 2.45) is 0 Å². The molecule has 0 heterocycles. The summed E-state index contributed by atoms with van der Waals surface area (Å²) in [6.07, 6.45) is 1.97. The van der Waals surface area contributed by atoms with Crippen molar-refractivity contribution in [3.63, 3.8) is 0 Å². The molecule has 16 heavy (non-hydrogen) atoms. The van der Waals surface area contributed by atoms with E-state index in [1.807, 2.05) is 6.92 Å². The van der Waals surface area contributed by atoms with Crippen LogP contribution < -0.4 is 0 Å². The lowest BCUT2D eigenvalue weighted by atomic mass is 10.1. The highest BCUT2D eigenvalue weighted by atomic mass is 16.5. The van der Waals surface area contributed by atoms with E-state index < -0.39 is 5.97 Å². The Hall–Kier alpha value is -1.32. The molecule has 4 nitrogen and oxygen atoms in total. The molecule has 0 aromatic rings. The molecular weight excluding hydrogens is 208 g/mol. The summed E-state index contributed by atoms with van der Waals surface area (Å²) in [5.74, 6) is -0.844. The second-order valence-electron chi connectivity index (χ2n) is 3.61. The van der Waals surface area contributed by atoms with Crippen molar-refractivity contribution in [2.45, 2.75) is 46.6 Å². The van der Waals surface area contributed by atoms with Crippen LogP contribution in [0.3, 0.4) is 0 Å². The van der Waals surface area contributed by atoms with Crippen LogP contribution in [0, 0.1) is 0 Å². The molecule has 0 N–H and O–H groups in total. The molecule has 92 valence electrons. The molecule has 0 bridgehead atoms. The number of hydrogen-bond donors (Lipinski definition) is 0. The fraction of sp³-hybridized carbons (Fsp3) is 0.667. The van der Waals surface area contributed by atoms with Crippen LogP contribution in [0.2, 0.25) is 0 Å². The SMILES string of the molecule is CCCC(=O)C(=COCC)C(=O)OC(C)C. The zero-order valence-electron chi connectivity index (χ0n) is 10.4. The largest absolute Gasteiger partial charge is 0.500 e. The summed E-state index contributed by atoms with van der Waals surface area (Å²) in [7, 11) is 0. The Labute approximate surface area is 96.6 Å². The third-order valence-electron chi connectivity index (χ3n) is 1.71.